The first-order valence-electron chi connectivity index (χ1n) is 6.91. The van der Waals surface area contributed by atoms with Gasteiger partial charge in [0, 0.05) is 12.6 Å². The summed E-state index contributed by atoms with van der Waals surface area (Å²) in [6.45, 7) is -0.0816. The molecule has 0 saturated carbocycles. The van der Waals surface area contributed by atoms with Crippen LogP contribution in [0.5, 0.6) is 0 Å². The van der Waals surface area contributed by atoms with E-state index in [-0.39, 0.29) is 23.3 Å². The number of ether oxygens (including phenoxy) is 1. The number of nitro benzene ring substituents is 1. The molecule has 1 aromatic heterocycles. The number of non-ortho nitro benzene ring substituents is 1. The lowest BCUT2D eigenvalue weighted by molar-refractivity contribution is -0.383. The van der Waals surface area contributed by atoms with Gasteiger partial charge in [-0.3, -0.25) is 10.1 Å². The van der Waals surface area contributed by atoms with Crippen LogP contribution >= 0.6 is 0 Å². The highest BCUT2D eigenvalue weighted by Gasteiger charge is 2.42. The van der Waals surface area contributed by atoms with Gasteiger partial charge in [-0.25, -0.2) is 4.63 Å². The molecule has 1 aliphatic heterocycles. The van der Waals surface area contributed by atoms with Crippen LogP contribution in [0.4, 0.5) is 11.4 Å². The van der Waals surface area contributed by atoms with E-state index in [9.17, 15) is 30.5 Å². The van der Waals surface area contributed by atoms with Crippen LogP contribution in [-0.2, 0) is 4.74 Å². The summed E-state index contributed by atoms with van der Waals surface area (Å²) < 4.78 is 9.54. The Hall–Kier alpha value is -2.38. The van der Waals surface area contributed by atoms with Crippen LogP contribution in [0.15, 0.2) is 16.8 Å². The van der Waals surface area contributed by atoms with Crippen molar-refractivity contribution >= 4 is 22.4 Å². The number of rotatable bonds is 4. The van der Waals surface area contributed by atoms with Gasteiger partial charge in [0.1, 0.15) is 24.4 Å². The third-order valence-electron chi connectivity index (χ3n) is 3.77. The van der Waals surface area contributed by atoms with Gasteiger partial charge in [0.25, 0.3) is 0 Å². The summed E-state index contributed by atoms with van der Waals surface area (Å²) in [5.74, 6) is 0. The second kappa shape index (κ2) is 6.26. The van der Waals surface area contributed by atoms with Crippen molar-refractivity contribution in [3.05, 3.63) is 22.2 Å². The molecule has 0 amide bonds. The molecule has 1 fully saturated rings. The van der Waals surface area contributed by atoms with Crippen molar-refractivity contribution in [1.29, 1.82) is 0 Å². The van der Waals surface area contributed by atoms with Crippen molar-refractivity contribution in [2.45, 2.75) is 30.7 Å². The van der Waals surface area contributed by atoms with Crippen LogP contribution in [0.3, 0.4) is 0 Å². The third kappa shape index (κ3) is 2.76. The number of aliphatic hydroxyl groups excluding tert-OH is 4. The minimum Gasteiger partial charge on any atom is -0.388 e. The highest BCUT2D eigenvalue weighted by atomic mass is 16.6. The monoisotopic (exact) mass is 342 g/mol. The minimum atomic E-state index is -1.65. The minimum absolute atomic E-state index is 0.0504. The van der Waals surface area contributed by atoms with Gasteiger partial charge in [0.05, 0.1) is 10.6 Å². The Labute approximate surface area is 133 Å². The van der Waals surface area contributed by atoms with Crippen LogP contribution < -0.4 is 5.32 Å². The predicted molar refractivity (Wildman–Crippen MR) is 75.8 cm³/mol. The Morgan fingerprint density at radius 3 is 2.54 bits per heavy atom. The Bertz CT molecular complexity index is 752. The zero-order valence-electron chi connectivity index (χ0n) is 12.0. The summed E-state index contributed by atoms with van der Waals surface area (Å²) in [4.78, 5) is 10.3. The fourth-order valence-electron chi connectivity index (χ4n) is 2.45. The number of anilines is 1. The highest BCUT2D eigenvalue weighted by molar-refractivity contribution is 5.93. The Kier molecular flexibility index (Phi) is 4.29. The molecule has 1 aromatic carbocycles. The Balaban J connectivity index is 1.78. The standard InChI is InChI=1S/C12H14N4O8/c17-9-6(23-12(20)11(19)10(9)18)3-13-4-1-2-5(16(21)22)8-7(4)14-24-15-8/h1-2,6,9-13,17-20H,3H2/t6-,9-,10+,11-,12+/m1/s1. The van der Waals surface area contributed by atoms with Crippen molar-refractivity contribution in [2.24, 2.45) is 0 Å². The molecule has 12 nitrogen and oxygen atoms in total. The second-order valence-electron chi connectivity index (χ2n) is 5.27. The van der Waals surface area contributed by atoms with Crippen molar-refractivity contribution in [3.8, 4) is 0 Å². The fraction of sp³-hybridized carbons (Fsp3) is 0.500. The molecule has 2 heterocycles. The molecule has 24 heavy (non-hydrogen) atoms. The summed E-state index contributed by atoms with van der Waals surface area (Å²) >= 11 is 0. The highest BCUT2D eigenvalue weighted by Crippen LogP contribution is 2.29. The van der Waals surface area contributed by atoms with Gasteiger partial charge in [0.15, 0.2) is 11.8 Å². The van der Waals surface area contributed by atoms with Gasteiger partial charge < -0.3 is 30.5 Å². The number of nitro groups is 1. The number of hydrogen-bond acceptors (Lipinski definition) is 11. The van der Waals surface area contributed by atoms with Crippen LogP contribution in [0.2, 0.25) is 0 Å². The van der Waals surface area contributed by atoms with E-state index in [2.05, 4.69) is 20.3 Å². The van der Waals surface area contributed by atoms with E-state index in [1.807, 2.05) is 0 Å². The molecular formula is C12H14N4O8. The van der Waals surface area contributed by atoms with Crippen molar-refractivity contribution in [1.82, 2.24) is 10.3 Å². The molecule has 130 valence electrons. The van der Waals surface area contributed by atoms with Gasteiger partial charge in [-0.1, -0.05) is 0 Å². The van der Waals surface area contributed by atoms with E-state index in [4.69, 9.17) is 4.74 Å². The number of fused-ring (bicyclic) bond motifs is 1. The van der Waals surface area contributed by atoms with Crippen molar-refractivity contribution in [3.63, 3.8) is 0 Å². The number of aliphatic hydroxyl groups is 4. The number of nitrogens with zero attached hydrogens (tertiary/aromatic N) is 3. The maximum atomic E-state index is 10.9. The molecule has 0 aliphatic carbocycles. The fourth-order valence-corrected chi connectivity index (χ4v) is 2.45. The van der Waals surface area contributed by atoms with E-state index in [0.29, 0.717) is 5.69 Å². The summed E-state index contributed by atoms with van der Waals surface area (Å²) in [5, 5.41) is 59.2. The summed E-state index contributed by atoms with van der Waals surface area (Å²) in [6.07, 6.45) is -7.34. The molecule has 5 N–H and O–H groups in total. The third-order valence-corrected chi connectivity index (χ3v) is 3.77. The van der Waals surface area contributed by atoms with Gasteiger partial charge >= 0.3 is 5.69 Å². The summed E-state index contributed by atoms with van der Waals surface area (Å²) in [7, 11) is 0. The van der Waals surface area contributed by atoms with Gasteiger partial charge in [-0.2, -0.15) is 0 Å². The molecule has 0 spiro atoms. The molecule has 0 bridgehead atoms. The average molecular weight is 342 g/mol. The first-order valence-corrected chi connectivity index (χ1v) is 6.91. The summed E-state index contributed by atoms with van der Waals surface area (Å²) in [6, 6.07) is 2.59. The quantitative estimate of drug-likeness (QED) is 0.316. The van der Waals surface area contributed by atoms with Crippen LogP contribution in [0.1, 0.15) is 0 Å². The number of benzene rings is 1. The Morgan fingerprint density at radius 1 is 1.12 bits per heavy atom. The van der Waals surface area contributed by atoms with Gasteiger partial charge in [-0.15, -0.1) is 0 Å². The molecule has 0 unspecified atom stereocenters. The molecular weight excluding hydrogens is 328 g/mol. The maximum Gasteiger partial charge on any atom is 0.300 e. The average Bonchev–Trinajstić information content (AvgIpc) is 3.04. The van der Waals surface area contributed by atoms with Crippen molar-refractivity contribution < 1.29 is 34.7 Å². The molecule has 1 aliphatic rings. The first-order chi connectivity index (χ1) is 11.4. The van der Waals surface area contributed by atoms with E-state index in [1.54, 1.807) is 0 Å². The van der Waals surface area contributed by atoms with E-state index < -0.39 is 35.6 Å². The Morgan fingerprint density at radius 2 is 1.83 bits per heavy atom. The van der Waals surface area contributed by atoms with Crippen LogP contribution in [0, 0.1) is 10.1 Å². The smallest absolute Gasteiger partial charge is 0.300 e. The predicted octanol–water partition coefficient (Wildman–Crippen LogP) is -1.66. The molecule has 12 heteroatoms. The zero-order chi connectivity index (χ0) is 17.4. The van der Waals surface area contributed by atoms with Crippen LogP contribution in [-0.4, -0.2) is 72.9 Å². The van der Waals surface area contributed by atoms with E-state index in [1.165, 1.54) is 12.1 Å². The van der Waals surface area contributed by atoms with Crippen molar-refractivity contribution in [2.75, 3.05) is 11.9 Å². The molecule has 5 atom stereocenters. The summed E-state index contributed by atoms with van der Waals surface area (Å²) in [5.41, 5.74) is 0.101. The van der Waals surface area contributed by atoms with E-state index >= 15 is 0 Å². The van der Waals surface area contributed by atoms with Gasteiger partial charge in [0.2, 0.25) is 5.52 Å². The topological polar surface area (TPSA) is 184 Å². The second-order valence-corrected chi connectivity index (χ2v) is 5.27. The molecule has 2 aromatic rings. The first kappa shape index (κ1) is 16.5. The number of nitrogens with one attached hydrogen (secondary N) is 1. The lowest BCUT2D eigenvalue weighted by atomic mass is 9.99. The maximum absolute atomic E-state index is 10.9. The number of aromatic nitrogens is 2. The normalized spacial score (nSPS) is 30.4. The zero-order valence-corrected chi connectivity index (χ0v) is 12.0. The number of hydrogen-bond donors (Lipinski definition) is 5. The molecule has 3 rings (SSSR count). The molecule has 1 saturated heterocycles. The largest absolute Gasteiger partial charge is 0.388 e. The SMILES string of the molecule is O=[N+]([O-])c1ccc(NC[C@H]2O[C@H](O)[C@H](O)[C@@H](O)[C@@H]2O)c2nonc12. The lowest BCUT2D eigenvalue weighted by Crippen LogP contribution is -2.59. The molecule has 0 radical (unpaired) electrons. The van der Waals surface area contributed by atoms with Gasteiger partial charge in [-0.05, 0) is 16.4 Å². The van der Waals surface area contributed by atoms with E-state index in [0.717, 1.165) is 0 Å². The van der Waals surface area contributed by atoms with Crippen LogP contribution in [0.25, 0.3) is 11.0 Å². The lowest BCUT2D eigenvalue weighted by Gasteiger charge is -2.38.